The number of benzene rings is 3. The Balaban J connectivity index is 1.60. The first kappa shape index (κ1) is 24.1. The van der Waals surface area contributed by atoms with Crippen LogP contribution in [-0.2, 0) is 11.2 Å². The topological polar surface area (TPSA) is 41.1 Å². The van der Waals surface area contributed by atoms with Crippen LogP contribution in [0.25, 0.3) is 11.1 Å². The number of hydrogen-bond acceptors (Lipinski definition) is 2. The molecule has 3 nitrogen and oxygen atoms in total. The minimum Gasteiger partial charge on any atom is -0.356 e. The Hall–Kier alpha value is -3.05. The van der Waals surface area contributed by atoms with E-state index in [0.717, 1.165) is 48.7 Å². The molecule has 2 atom stereocenters. The molecule has 0 unspecified atom stereocenters. The minimum atomic E-state index is -0.522. The fraction of sp³-hybridized carbons (Fsp3) is 0.345. The Morgan fingerprint density at radius 1 is 1.03 bits per heavy atom. The van der Waals surface area contributed by atoms with Gasteiger partial charge in [-0.25, -0.2) is 8.78 Å². The zero-order valence-corrected chi connectivity index (χ0v) is 19.8. The van der Waals surface area contributed by atoms with E-state index in [1.165, 1.54) is 28.8 Å². The average molecular weight is 463 g/mol. The molecule has 1 fully saturated rings. The van der Waals surface area contributed by atoms with Gasteiger partial charge in [0.1, 0.15) is 11.6 Å². The Bertz CT molecular complexity index is 1140. The number of carbonyl (C=O) groups excluding carboxylic acids is 1. The Morgan fingerprint density at radius 2 is 1.79 bits per heavy atom. The third-order valence-corrected chi connectivity index (χ3v) is 6.83. The van der Waals surface area contributed by atoms with Crippen LogP contribution < -0.4 is 10.6 Å². The lowest BCUT2D eigenvalue weighted by molar-refractivity contribution is -0.120. The fourth-order valence-electron chi connectivity index (χ4n) is 5.11. The van der Waals surface area contributed by atoms with E-state index in [0.29, 0.717) is 13.0 Å². The van der Waals surface area contributed by atoms with Crippen LogP contribution in [0.15, 0.2) is 60.7 Å². The van der Waals surface area contributed by atoms with Gasteiger partial charge in [-0.15, -0.1) is 0 Å². The van der Waals surface area contributed by atoms with Crippen molar-refractivity contribution < 1.29 is 13.6 Å². The molecule has 5 heteroatoms. The number of rotatable bonds is 7. The van der Waals surface area contributed by atoms with Gasteiger partial charge in [0.15, 0.2) is 0 Å². The van der Waals surface area contributed by atoms with Crippen molar-refractivity contribution in [2.45, 2.75) is 44.9 Å². The van der Waals surface area contributed by atoms with Crippen molar-refractivity contribution >= 4 is 5.91 Å². The van der Waals surface area contributed by atoms with Crippen LogP contribution in [0.3, 0.4) is 0 Å². The summed E-state index contributed by atoms with van der Waals surface area (Å²) in [6.45, 7) is 6.18. The summed E-state index contributed by atoms with van der Waals surface area (Å²) in [6.07, 6.45) is 2.09. The monoisotopic (exact) mass is 462 g/mol. The van der Waals surface area contributed by atoms with E-state index in [1.807, 2.05) is 19.1 Å². The quantitative estimate of drug-likeness (QED) is 0.461. The van der Waals surface area contributed by atoms with Crippen molar-refractivity contribution in [3.63, 3.8) is 0 Å². The van der Waals surface area contributed by atoms with Crippen molar-refractivity contribution in [1.82, 2.24) is 10.6 Å². The van der Waals surface area contributed by atoms with Crippen molar-refractivity contribution in [1.29, 1.82) is 0 Å². The standard InChI is InChI=1S/C29H32F2N2O/c1-3-29(34)33-13-10-20-6-4-5-7-26(20)21-8-9-25(19(2)14-21)28-18-32-12-11-27(28)22-15-23(30)17-24(31)16-22/h4-9,14-17,27-28,32H,3,10-13,18H2,1-2H3,(H,33,34)/t27-,28-/m1/s1. The maximum Gasteiger partial charge on any atom is 0.219 e. The van der Waals surface area contributed by atoms with Crippen LogP contribution in [0.4, 0.5) is 8.78 Å². The molecule has 0 bridgehead atoms. The number of nitrogens with one attached hydrogen (secondary N) is 2. The molecule has 178 valence electrons. The van der Waals surface area contributed by atoms with E-state index >= 15 is 0 Å². The first-order chi connectivity index (χ1) is 16.5. The molecular weight excluding hydrogens is 430 g/mol. The van der Waals surface area contributed by atoms with Gasteiger partial charge >= 0.3 is 0 Å². The number of aryl methyl sites for hydroxylation is 1. The van der Waals surface area contributed by atoms with E-state index in [2.05, 4.69) is 47.9 Å². The number of hydrogen-bond donors (Lipinski definition) is 2. The first-order valence-corrected chi connectivity index (χ1v) is 12.1. The average Bonchev–Trinajstić information content (AvgIpc) is 2.83. The van der Waals surface area contributed by atoms with E-state index in [-0.39, 0.29) is 17.7 Å². The second kappa shape index (κ2) is 10.9. The molecule has 34 heavy (non-hydrogen) atoms. The summed E-state index contributed by atoms with van der Waals surface area (Å²) < 4.78 is 27.9. The SMILES string of the molecule is CCC(=O)NCCc1ccccc1-c1ccc([C@H]2CNCC[C@@H]2c2cc(F)cc(F)c2)c(C)c1. The highest BCUT2D eigenvalue weighted by atomic mass is 19.1. The molecule has 3 aromatic rings. The molecule has 0 saturated carbocycles. The van der Waals surface area contributed by atoms with Crippen molar-refractivity contribution in [2.24, 2.45) is 0 Å². The van der Waals surface area contributed by atoms with Crippen LogP contribution in [-0.4, -0.2) is 25.5 Å². The highest BCUT2D eigenvalue weighted by Gasteiger charge is 2.29. The molecule has 1 aliphatic rings. The zero-order chi connectivity index (χ0) is 24.1. The van der Waals surface area contributed by atoms with Crippen LogP contribution in [0, 0.1) is 18.6 Å². The lowest BCUT2D eigenvalue weighted by Gasteiger charge is -2.34. The summed E-state index contributed by atoms with van der Waals surface area (Å²) in [5.74, 6) is -0.780. The van der Waals surface area contributed by atoms with E-state index < -0.39 is 11.6 Å². The van der Waals surface area contributed by atoms with Gasteiger partial charge in [-0.2, -0.15) is 0 Å². The smallest absolute Gasteiger partial charge is 0.219 e. The number of carbonyl (C=O) groups is 1. The molecule has 0 radical (unpaired) electrons. The lowest BCUT2D eigenvalue weighted by Crippen LogP contribution is -2.34. The van der Waals surface area contributed by atoms with Crippen LogP contribution in [0.2, 0.25) is 0 Å². The molecule has 1 heterocycles. The van der Waals surface area contributed by atoms with E-state index in [4.69, 9.17) is 0 Å². The zero-order valence-electron chi connectivity index (χ0n) is 19.8. The highest BCUT2D eigenvalue weighted by molar-refractivity contribution is 5.75. The van der Waals surface area contributed by atoms with Gasteiger partial charge in [0, 0.05) is 31.5 Å². The molecule has 1 aliphatic heterocycles. The van der Waals surface area contributed by atoms with E-state index in [9.17, 15) is 13.6 Å². The summed E-state index contributed by atoms with van der Waals surface area (Å²) in [7, 11) is 0. The maximum absolute atomic E-state index is 13.9. The summed E-state index contributed by atoms with van der Waals surface area (Å²) in [5.41, 5.74) is 6.59. The van der Waals surface area contributed by atoms with Crippen molar-refractivity contribution in [2.75, 3.05) is 19.6 Å². The molecule has 0 aromatic heterocycles. The second-order valence-corrected chi connectivity index (χ2v) is 9.09. The van der Waals surface area contributed by atoms with Gasteiger partial charge < -0.3 is 10.6 Å². The highest BCUT2D eigenvalue weighted by Crippen LogP contribution is 2.40. The predicted molar refractivity (Wildman–Crippen MR) is 133 cm³/mol. The third-order valence-electron chi connectivity index (χ3n) is 6.83. The molecule has 0 spiro atoms. The van der Waals surface area contributed by atoms with Gasteiger partial charge in [0.25, 0.3) is 0 Å². The molecule has 4 rings (SSSR count). The Kier molecular flexibility index (Phi) is 7.73. The molecule has 1 saturated heterocycles. The van der Waals surface area contributed by atoms with Gasteiger partial charge in [-0.3, -0.25) is 4.79 Å². The van der Waals surface area contributed by atoms with Crippen molar-refractivity contribution in [3.05, 3.63) is 94.6 Å². The van der Waals surface area contributed by atoms with Gasteiger partial charge in [-0.05, 0) is 77.7 Å². The van der Waals surface area contributed by atoms with E-state index in [1.54, 1.807) is 0 Å². The van der Waals surface area contributed by atoms with Crippen LogP contribution in [0.5, 0.6) is 0 Å². The minimum absolute atomic E-state index is 0.0606. The van der Waals surface area contributed by atoms with Gasteiger partial charge in [-0.1, -0.05) is 49.4 Å². The Morgan fingerprint density at radius 3 is 2.53 bits per heavy atom. The summed E-state index contributed by atoms with van der Waals surface area (Å²) in [4.78, 5) is 11.6. The molecule has 2 N–H and O–H groups in total. The fourth-order valence-corrected chi connectivity index (χ4v) is 5.11. The third kappa shape index (κ3) is 5.53. The summed E-state index contributed by atoms with van der Waals surface area (Å²) in [5, 5.41) is 6.41. The number of piperidine rings is 1. The largest absolute Gasteiger partial charge is 0.356 e. The molecular formula is C29H32F2N2O. The van der Waals surface area contributed by atoms with Crippen LogP contribution >= 0.6 is 0 Å². The summed E-state index contributed by atoms with van der Waals surface area (Å²) in [6, 6.07) is 18.7. The lowest BCUT2D eigenvalue weighted by atomic mass is 9.75. The normalized spacial score (nSPS) is 18.0. The first-order valence-electron chi connectivity index (χ1n) is 12.1. The van der Waals surface area contributed by atoms with Crippen LogP contribution in [0.1, 0.15) is 53.9 Å². The van der Waals surface area contributed by atoms with Gasteiger partial charge in [0.2, 0.25) is 5.91 Å². The van der Waals surface area contributed by atoms with Crippen molar-refractivity contribution in [3.8, 4) is 11.1 Å². The predicted octanol–water partition coefficient (Wildman–Crippen LogP) is 5.87. The molecule has 3 aromatic carbocycles. The maximum atomic E-state index is 13.9. The Labute approximate surface area is 200 Å². The summed E-state index contributed by atoms with van der Waals surface area (Å²) >= 11 is 0. The second-order valence-electron chi connectivity index (χ2n) is 9.09. The molecule has 0 aliphatic carbocycles. The number of amides is 1. The number of halogens is 2. The molecule has 1 amide bonds. The van der Waals surface area contributed by atoms with Gasteiger partial charge in [0.05, 0.1) is 0 Å².